The van der Waals surface area contributed by atoms with Crippen molar-refractivity contribution in [3.05, 3.63) is 125 Å². The number of aliphatic hydroxyl groups excluding tert-OH is 2. The lowest BCUT2D eigenvalue weighted by molar-refractivity contribution is -0.222. The summed E-state index contributed by atoms with van der Waals surface area (Å²) in [5, 5.41) is 20.4. The van der Waals surface area contributed by atoms with E-state index in [9.17, 15) is 10.2 Å². The molecular weight excluding hydrogens is 498 g/mol. The molecule has 0 bridgehead atoms. The predicted octanol–water partition coefficient (Wildman–Crippen LogP) is 3.93. The summed E-state index contributed by atoms with van der Waals surface area (Å²) >= 11 is 0. The minimum Gasteiger partial charge on any atom is -0.473 e. The normalized spacial score (nSPS) is 25.8. The average molecular weight is 528 g/mol. The van der Waals surface area contributed by atoms with Gasteiger partial charge in [-0.2, -0.15) is 4.98 Å². The standard InChI is InChI=1S/C31H29NO7/c33-18-25-27(34)28-30(37-25)39-31(38-28,23-14-8-3-9-15-23)24-16-17-26(35-19-21-10-4-1-5-11-21)32-29(24)36-20-22-12-6-2-7-13-22/h1-17,25,27-28,30,33-34H,18-20H2. The fourth-order valence-electron chi connectivity index (χ4n) is 4.85. The van der Waals surface area contributed by atoms with Crippen LogP contribution in [-0.2, 0) is 33.2 Å². The van der Waals surface area contributed by atoms with Gasteiger partial charge in [0.1, 0.15) is 31.5 Å². The summed E-state index contributed by atoms with van der Waals surface area (Å²) in [4.78, 5) is 4.71. The number of ether oxygens (including phenoxy) is 5. The van der Waals surface area contributed by atoms with Crippen molar-refractivity contribution in [2.75, 3.05) is 6.61 Å². The Morgan fingerprint density at radius 2 is 1.36 bits per heavy atom. The van der Waals surface area contributed by atoms with E-state index in [4.69, 9.17) is 28.7 Å². The number of aliphatic hydroxyl groups is 2. The number of pyridine rings is 1. The van der Waals surface area contributed by atoms with Gasteiger partial charge >= 0.3 is 0 Å². The summed E-state index contributed by atoms with van der Waals surface area (Å²) in [6.45, 7) is 0.251. The summed E-state index contributed by atoms with van der Waals surface area (Å²) in [5.74, 6) is -0.834. The van der Waals surface area contributed by atoms with Crippen LogP contribution in [0, 0.1) is 0 Å². The van der Waals surface area contributed by atoms with Crippen molar-refractivity contribution in [3.63, 3.8) is 0 Å². The molecule has 0 saturated carbocycles. The molecule has 2 aliphatic rings. The first kappa shape index (κ1) is 25.5. The SMILES string of the molecule is OCC1OC2OC(c3ccccc3)(c3ccc(OCc4ccccc4)nc3OCc3ccccc3)OC2C1O. The van der Waals surface area contributed by atoms with E-state index in [2.05, 4.69) is 0 Å². The lowest BCUT2D eigenvalue weighted by Gasteiger charge is -2.32. The summed E-state index contributed by atoms with van der Waals surface area (Å²) in [6, 6.07) is 32.5. The van der Waals surface area contributed by atoms with Crippen molar-refractivity contribution in [1.82, 2.24) is 4.98 Å². The number of fused-ring (bicyclic) bond motifs is 1. The lowest BCUT2D eigenvalue weighted by atomic mass is 9.98. The topological polar surface area (TPSA) is 99.5 Å². The molecule has 0 aliphatic carbocycles. The monoisotopic (exact) mass is 527 g/mol. The first-order chi connectivity index (χ1) is 19.2. The van der Waals surface area contributed by atoms with Gasteiger partial charge in [-0.15, -0.1) is 0 Å². The molecule has 0 spiro atoms. The quantitative estimate of drug-likeness (QED) is 0.338. The van der Waals surface area contributed by atoms with Gasteiger partial charge in [0, 0.05) is 11.6 Å². The first-order valence-electron chi connectivity index (χ1n) is 12.9. The highest BCUT2D eigenvalue weighted by Crippen LogP contribution is 2.49. The van der Waals surface area contributed by atoms with Gasteiger partial charge in [-0.05, 0) is 17.2 Å². The maximum atomic E-state index is 10.8. The van der Waals surface area contributed by atoms with Crippen LogP contribution >= 0.6 is 0 Å². The highest BCUT2D eigenvalue weighted by Gasteiger charge is 2.59. The molecule has 39 heavy (non-hydrogen) atoms. The molecule has 200 valence electrons. The van der Waals surface area contributed by atoms with E-state index in [1.807, 2.05) is 91.0 Å². The van der Waals surface area contributed by atoms with Crippen LogP contribution in [0.25, 0.3) is 0 Å². The van der Waals surface area contributed by atoms with Crippen molar-refractivity contribution in [2.45, 2.75) is 43.6 Å². The Morgan fingerprint density at radius 1 is 0.744 bits per heavy atom. The van der Waals surface area contributed by atoms with Crippen LogP contribution in [0.4, 0.5) is 0 Å². The predicted molar refractivity (Wildman–Crippen MR) is 141 cm³/mol. The minimum atomic E-state index is -1.48. The van der Waals surface area contributed by atoms with Gasteiger partial charge in [-0.1, -0.05) is 91.0 Å². The average Bonchev–Trinajstić information content (AvgIpc) is 3.52. The molecule has 5 unspecified atom stereocenters. The number of hydrogen-bond donors (Lipinski definition) is 2. The smallest absolute Gasteiger partial charge is 0.230 e. The summed E-state index contributed by atoms with van der Waals surface area (Å²) in [7, 11) is 0. The van der Waals surface area contributed by atoms with Crippen molar-refractivity contribution in [3.8, 4) is 11.8 Å². The maximum Gasteiger partial charge on any atom is 0.230 e. The third kappa shape index (κ3) is 5.13. The summed E-state index contributed by atoms with van der Waals surface area (Å²) in [6.07, 6.45) is -3.58. The molecule has 3 aromatic carbocycles. The van der Waals surface area contributed by atoms with E-state index in [-0.39, 0.29) is 19.1 Å². The van der Waals surface area contributed by atoms with Crippen LogP contribution in [0.3, 0.4) is 0 Å². The van der Waals surface area contributed by atoms with Gasteiger partial charge in [0.05, 0.1) is 12.2 Å². The zero-order chi connectivity index (χ0) is 26.7. The molecule has 2 saturated heterocycles. The van der Waals surface area contributed by atoms with Crippen LogP contribution in [-0.4, -0.2) is 46.4 Å². The largest absolute Gasteiger partial charge is 0.473 e. The van der Waals surface area contributed by atoms with Crippen molar-refractivity contribution in [2.24, 2.45) is 0 Å². The Hall–Kier alpha value is -3.79. The second kappa shape index (κ2) is 11.1. The molecule has 6 rings (SSSR count). The first-order valence-corrected chi connectivity index (χ1v) is 12.9. The number of benzene rings is 3. The second-order valence-corrected chi connectivity index (χ2v) is 9.45. The van der Waals surface area contributed by atoms with Gasteiger partial charge in [0.2, 0.25) is 17.5 Å². The van der Waals surface area contributed by atoms with Gasteiger partial charge in [0.25, 0.3) is 0 Å². The molecule has 8 heteroatoms. The Bertz CT molecular complexity index is 1370. The lowest BCUT2D eigenvalue weighted by Crippen LogP contribution is -2.38. The van der Waals surface area contributed by atoms with E-state index in [1.54, 1.807) is 12.1 Å². The van der Waals surface area contributed by atoms with Crippen LogP contribution in [0.1, 0.15) is 22.3 Å². The molecule has 0 radical (unpaired) electrons. The fraction of sp³-hybridized carbons (Fsp3) is 0.258. The van der Waals surface area contributed by atoms with Crippen molar-refractivity contribution < 1.29 is 33.9 Å². The van der Waals surface area contributed by atoms with Gasteiger partial charge in [0.15, 0.2) is 6.29 Å². The second-order valence-electron chi connectivity index (χ2n) is 9.45. The molecule has 0 amide bonds. The maximum absolute atomic E-state index is 10.8. The van der Waals surface area contributed by atoms with Crippen molar-refractivity contribution >= 4 is 0 Å². The highest BCUT2D eigenvalue weighted by molar-refractivity contribution is 5.42. The van der Waals surface area contributed by atoms with E-state index >= 15 is 0 Å². The third-order valence-corrected chi connectivity index (χ3v) is 6.85. The summed E-state index contributed by atoms with van der Waals surface area (Å²) < 4.78 is 31.0. The van der Waals surface area contributed by atoms with E-state index < -0.39 is 30.4 Å². The van der Waals surface area contributed by atoms with Crippen LogP contribution in [0.5, 0.6) is 11.8 Å². The van der Waals surface area contributed by atoms with Gasteiger partial charge in [-0.3, -0.25) is 0 Å². The van der Waals surface area contributed by atoms with Crippen LogP contribution in [0.2, 0.25) is 0 Å². The molecule has 2 N–H and O–H groups in total. The molecule has 2 aliphatic heterocycles. The number of hydrogen-bond acceptors (Lipinski definition) is 8. The van der Waals surface area contributed by atoms with Crippen LogP contribution < -0.4 is 9.47 Å². The van der Waals surface area contributed by atoms with E-state index in [0.717, 1.165) is 11.1 Å². The van der Waals surface area contributed by atoms with Gasteiger partial charge < -0.3 is 33.9 Å². The Kier molecular flexibility index (Phi) is 7.28. The van der Waals surface area contributed by atoms with E-state index in [0.29, 0.717) is 23.6 Å². The molecule has 2 fully saturated rings. The molecule has 1 aromatic heterocycles. The fourth-order valence-corrected chi connectivity index (χ4v) is 4.85. The Balaban J connectivity index is 1.38. The molecule has 3 heterocycles. The Labute approximate surface area is 226 Å². The van der Waals surface area contributed by atoms with Crippen LogP contribution in [0.15, 0.2) is 103 Å². The zero-order valence-corrected chi connectivity index (χ0v) is 21.1. The summed E-state index contributed by atoms with van der Waals surface area (Å²) in [5.41, 5.74) is 3.16. The Morgan fingerprint density at radius 3 is 1.97 bits per heavy atom. The third-order valence-electron chi connectivity index (χ3n) is 6.85. The molecule has 5 atom stereocenters. The minimum absolute atomic E-state index is 0.256. The van der Waals surface area contributed by atoms with Gasteiger partial charge in [-0.25, -0.2) is 0 Å². The molecule has 4 aromatic rings. The molecular formula is C31H29NO7. The number of rotatable bonds is 9. The number of nitrogens with zero attached hydrogens (tertiary/aromatic N) is 1. The highest BCUT2D eigenvalue weighted by atomic mass is 16.8. The number of aromatic nitrogens is 1. The zero-order valence-electron chi connectivity index (χ0n) is 21.1. The van der Waals surface area contributed by atoms with Crippen molar-refractivity contribution in [1.29, 1.82) is 0 Å². The van der Waals surface area contributed by atoms with E-state index in [1.165, 1.54) is 0 Å². The molecule has 8 nitrogen and oxygen atoms in total.